The van der Waals surface area contributed by atoms with Crippen LogP contribution in [0.5, 0.6) is 0 Å². The van der Waals surface area contributed by atoms with Gasteiger partial charge in [-0.15, -0.1) is 0 Å². The Bertz CT molecular complexity index is 1240. The molecule has 2 N–H and O–H groups in total. The molecule has 1 aliphatic heterocycles. The van der Waals surface area contributed by atoms with E-state index in [0.717, 1.165) is 42.5 Å². The monoisotopic (exact) mass is 539 g/mol. The summed E-state index contributed by atoms with van der Waals surface area (Å²) in [6.45, 7) is 14.7. The molecule has 1 unspecified atom stereocenters. The van der Waals surface area contributed by atoms with Crippen LogP contribution in [0.4, 0.5) is 0 Å². The van der Waals surface area contributed by atoms with Crippen LogP contribution in [-0.2, 0) is 10.8 Å². The van der Waals surface area contributed by atoms with E-state index in [1.54, 1.807) is 0 Å². The summed E-state index contributed by atoms with van der Waals surface area (Å²) in [7, 11) is -2.06. The van der Waals surface area contributed by atoms with Crippen LogP contribution in [0.3, 0.4) is 0 Å². The molecule has 8 heteroatoms. The molecule has 0 spiro atoms. The standard InChI is InChI=1S/C29H41N3O3SSi/c1-29(2,3)37(4,5)35-26(23-11-12-24-25(18-23)34-28(33)31-24)19-30-27(36)20-32-15-13-22(14-16-32)17-21-9-7-6-8-10-21/h6-12,18,22,26H,13-17,19-20H2,1-5H3,(H,30,36)(H,31,33). The minimum atomic E-state index is -2.06. The lowest BCUT2D eigenvalue weighted by Gasteiger charge is -2.39. The molecule has 1 aromatic heterocycles. The molecule has 200 valence electrons. The van der Waals surface area contributed by atoms with E-state index in [0.29, 0.717) is 17.6 Å². The lowest BCUT2D eigenvalue weighted by atomic mass is 9.90. The quantitative estimate of drug-likeness (QED) is 0.255. The maximum absolute atomic E-state index is 11.7. The van der Waals surface area contributed by atoms with Gasteiger partial charge >= 0.3 is 5.76 Å². The first-order valence-corrected chi connectivity index (χ1v) is 16.7. The number of hydrogen-bond acceptors (Lipinski definition) is 5. The van der Waals surface area contributed by atoms with Crippen LogP contribution in [-0.4, -0.2) is 49.4 Å². The van der Waals surface area contributed by atoms with E-state index in [9.17, 15) is 4.79 Å². The number of hydrogen-bond donors (Lipinski definition) is 2. The summed E-state index contributed by atoms with van der Waals surface area (Å²) in [5.41, 5.74) is 3.66. The van der Waals surface area contributed by atoms with Crippen LogP contribution in [0.25, 0.3) is 11.1 Å². The second kappa shape index (κ2) is 11.6. The number of aromatic nitrogens is 1. The van der Waals surface area contributed by atoms with Gasteiger partial charge in [-0.3, -0.25) is 9.88 Å². The SMILES string of the molecule is CC(C)(C)[Si](C)(C)OC(CNC(=S)CN1CCC(Cc2ccccc2)CC1)c1ccc2[nH]c(=O)oc2c1. The molecule has 4 rings (SSSR count). The Kier molecular flexibility index (Phi) is 8.73. The Hall–Kier alpha value is -2.26. The molecule has 2 aromatic carbocycles. The Morgan fingerprint density at radius 3 is 2.57 bits per heavy atom. The highest BCUT2D eigenvalue weighted by molar-refractivity contribution is 7.80. The van der Waals surface area contributed by atoms with Crippen molar-refractivity contribution in [2.75, 3.05) is 26.2 Å². The van der Waals surface area contributed by atoms with Crippen molar-refractivity contribution >= 4 is 36.6 Å². The molecule has 1 atom stereocenters. The number of nitrogens with zero attached hydrogens (tertiary/aromatic N) is 1. The van der Waals surface area contributed by atoms with Crippen molar-refractivity contribution in [1.82, 2.24) is 15.2 Å². The van der Waals surface area contributed by atoms with Gasteiger partial charge < -0.3 is 14.2 Å². The number of piperidine rings is 1. The van der Waals surface area contributed by atoms with Crippen molar-refractivity contribution in [2.24, 2.45) is 5.92 Å². The molecule has 0 aliphatic carbocycles. The van der Waals surface area contributed by atoms with E-state index in [1.807, 2.05) is 18.2 Å². The average molecular weight is 540 g/mol. The molecule has 3 aromatic rings. The number of aromatic amines is 1. The van der Waals surface area contributed by atoms with Crippen LogP contribution >= 0.6 is 12.2 Å². The third-order valence-corrected chi connectivity index (χ3v) is 12.7. The summed E-state index contributed by atoms with van der Waals surface area (Å²) in [4.78, 5) is 17.7. The Morgan fingerprint density at radius 1 is 1.19 bits per heavy atom. The Labute approximate surface area is 226 Å². The summed E-state index contributed by atoms with van der Waals surface area (Å²) in [5.74, 6) is 0.298. The lowest BCUT2D eigenvalue weighted by Crippen LogP contribution is -2.45. The molecule has 37 heavy (non-hydrogen) atoms. The van der Waals surface area contributed by atoms with Gasteiger partial charge in [-0.25, -0.2) is 4.79 Å². The maximum atomic E-state index is 11.7. The highest BCUT2D eigenvalue weighted by Gasteiger charge is 2.39. The van der Waals surface area contributed by atoms with E-state index < -0.39 is 14.1 Å². The predicted octanol–water partition coefficient (Wildman–Crippen LogP) is 6.06. The molecule has 1 fully saturated rings. The summed E-state index contributed by atoms with van der Waals surface area (Å²) < 4.78 is 12.1. The second-order valence-corrected chi connectivity index (χ2v) is 17.1. The first-order chi connectivity index (χ1) is 17.5. The normalized spacial score (nSPS) is 16.7. The van der Waals surface area contributed by atoms with Crippen molar-refractivity contribution in [1.29, 1.82) is 0 Å². The summed E-state index contributed by atoms with van der Waals surface area (Å²) in [6, 6.07) is 16.6. The minimum Gasteiger partial charge on any atom is -0.408 e. The molecular formula is C29H41N3O3SSi. The van der Waals surface area contributed by atoms with Gasteiger partial charge in [-0.05, 0) is 79.7 Å². The molecule has 1 saturated heterocycles. The van der Waals surface area contributed by atoms with Crippen molar-refractivity contribution in [3.63, 3.8) is 0 Å². The first-order valence-electron chi connectivity index (χ1n) is 13.3. The first kappa shape index (κ1) is 27.8. The van der Waals surface area contributed by atoms with Gasteiger partial charge in [0.1, 0.15) is 0 Å². The lowest BCUT2D eigenvalue weighted by molar-refractivity contribution is 0.184. The molecule has 1 aliphatic rings. The van der Waals surface area contributed by atoms with Gasteiger partial charge in [0.2, 0.25) is 0 Å². The largest absolute Gasteiger partial charge is 0.417 e. The smallest absolute Gasteiger partial charge is 0.408 e. The van der Waals surface area contributed by atoms with Crippen molar-refractivity contribution in [3.8, 4) is 0 Å². The van der Waals surface area contributed by atoms with Gasteiger partial charge in [0.15, 0.2) is 13.9 Å². The molecule has 0 bridgehead atoms. The predicted molar refractivity (Wildman–Crippen MR) is 158 cm³/mol. The van der Waals surface area contributed by atoms with Crippen LogP contribution in [0.15, 0.2) is 57.7 Å². The fourth-order valence-corrected chi connectivity index (χ4v) is 6.23. The highest BCUT2D eigenvalue weighted by atomic mass is 32.1. The molecule has 2 heterocycles. The van der Waals surface area contributed by atoms with Crippen molar-refractivity contribution < 1.29 is 8.84 Å². The third-order valence-electron chi connectivity index (χ3n) is 7.99. The van der Waals surface area contributed by atoms with Crippen LogP contribution in [0.1, 0.15) is 50.8 Å². The molecule has 0 saturated carbocycles. The number of benzene rings is 2. The number of likely N-dealkylation sites (tertiary alicyclic amines) is 1. The topological polar surface area (TPSA) is 70.5 Å². The number of fused-ring (bicyclic) bond motifs is 1. The summed E-state index contributed by atoms with van der Waals surface area (Å²) in [6.07, 6.45) is 3.38. The minimum absolute atomic E-state index is 0.0700. The van der Waals surface area contributed by atoms with E-state index in [2.05, 4.69) is 79.4 Å². The second-order valence-electron chi connectivity index (χ2n) is 11.9. The molecule has 0 radical (unpaired) electrons. The summed E-state index contributed by atoms with van der Waals surface area (Å²) in [5, 5.41) is 3.56. The zero-order valence-corrected chi connectivity index (χ0v) is 24.6. The number of thiocarbonyl (C=S) groups is 1. The Morgan fingerprint density at radius 2 is 1.89 bits per heavy atom. The van der Waals surface area contributed by atoms with Crippen LogP contribution in [0, 0.1) is 5.92 Å². The van der Waals surface area contributed by atoms with E-state index in [1.165, 1.54) is 18.4 Å². The van der Waals surface area contributed by atoms with E-state index in [4.69, 9.17) is 21.1 Å². The molecular weight excluding hydrogens is 498 g/mol. The summed E-state index contributed by atoms with van der Waals surface area (Å²) >= 11 is 5.77. The zero-order valence-electron chi connectivity index (χ0n) is 22.8. The maximum Gasteiger partial charge on any atom is 0.417 e. The van der Waals surface area contributed by atoms with Crippen molar-refractivity contribution in [3.05, 3.63) is 70.2 Å². The highest BCUT2D eigenvalue weighted by Crippen LogP contribution is 2.40. The van der Waals surface area contributed by atoms with Crippen molar-refractivity contribution in [2.45, 2.75) is 64.3 Å². The van der Waals surface area contributed by atoms with E-state index >= 15 is 0 Å². The van der Waals surface area contributed by atoms with Gasteiger partial charge in [0.05, 0.1) is 16.6 Å². The fraction of sp³-hybridized carbons (Fsp3) is 0.517. The van der Waals surface area contributed by atoms with Gasteiger partial charge in [0.25, 0.3) is 0 Å². The number of nitrogens with one attached hydrogen (secondary N) is 2. The number of rotatable bonds is 9. The number of H-pyrrole nitrogens is 1. The molecule has 0 amide bonds. The van der Waals surface area contributed by atoms with Crippen LogP contribution < -0.4 is 11.1 Å². The number of oxazole rings is 1. The van der Waals surface area contributed by atoms with Gasteiger partial charge in [0, 0.05) is 13.1 Å². The third kappa shape index (κ3) is 7.41. The zero-order chi connectivity index (χ0) is 26.6. The van der Waals surface area contributed by atoms with Gasteiger partial charge in [-0.2, -0.15) is 0 Å². The molecule has 6 nitrogen and oxygen atoms in total. The fourth-order valence-electron chi connectivity index (χ4n) is 4.68. The van der Waals surface area contributed by atoms with E-state index in [-0.39, 0.29) is 11.1 Å². The average Bonchev–Trinajstić information content (AvgIpc) is 3.22. The Balaban J connectivity index is 1.35. The van der Waals surface area contributed by atoms with Gasteiger partial charge in [-0.1, -0.05) is 69.4 Å². The van der Waals surface area contributed by atoms with Crippen LogP contribution in [0.2, 0.25) is 18.1 Å².